The number of hydrogen-bond acceptors (Lipinski definition) is 7. The molecule has 0 unspecified atom stereocenters. The van der Waals surface area contributed by atoms with Gasteiger partial charge < -0.3 is 9.80 Å². The third kappa shape index (κ3) is 5.47. The van der Waals surface area contributed by atoms with Crippen molar-refractivity contribution >= 4 is 43.3 Å². The zero-order valence-corrected chi connectivity index (χ0v) is 19.8. The fraction of sp³-hybridized carbons (Fsp3) is 0.381. The van der Waals surface area contributed by atoms with E-state index in [-0.39, 0.29) is 22.1 Å². The molecule has 0 bridgehead atoms. The Kier molecular flexibility index (Phi) is 6.78. The number of carbonyl (C=O) groups is 1. The molecule has 0 radical (unpaired) electrons. The summed E-state index contributed by atoms with van der Waals surface area (Å²) >= 11 is 1.01. The molecule has 1 N–H and O–H groups in total. The monoisotopic (exact) mass is 513 g/mol. The topological polar surface area (TPSA) is 95.5 Å². The lowest BCUT2D eigenvalue weighted by Crippen LogP contribution is -2.49. The van der Waals surface area contributed by atoms with Crippen molar-refractivity contribution in [1.82, 2.24) is 19.6 Å². The number of benzene rings is 1. The molecule has 1 aliphatic heterocycles. The van der Waals surface area contributed by atoms with Crippen molar-refractivity contribution in [2.45, 2.75) is 23.9 Å². The van der Waals surface area contributed by atoms with Crippen molar-refractivity contribution in [3.63, 3.8) is 0 Å². The summed E-state index contributed by atoms with van der Waals surface area (Å²) in [5.74, 6) is 0.489. The van der Waals surface area contributed by atoms with Gasteiger partial charge in [0, 0.05) is 31.1 Å². The summed E-state index contributed by atoms with van der Waals surface area (Å²) in [5, 5.41) is 0.586. The first-order chi connectivity index (χ1) is 16.1. The summed E-state index contributed by atoms with van der Waals surface area (Å²) in [6, 6.07) is 7.65. The van der Waals surface area contributed by atoms with E-state index in [2.05, 4.69) is 14.7 Å². The summed E-state index contributed by atoms with van der Waals surface area (Å²) in [6.45, 7) is 1.86. The second-order valence-electron chi connectivity index (χ2n) is 7.82. The Labute approximate surface area is 198 Å². The van der Waals surface area contributed by atoms with Gasteiger partial charge in [0.05, 0.1) is 23.1 Å². The van der Waals surface area contributed by atoms with Crippen molar-refractivity contribution in [3.8, 4) is 0 Å². The number of sulfonamides is 1. The van der Waals surface area contributed by atoms with Crippen molar-refractivity contribution in [2.24, 2.45) is 0 Å². The summed E-state index contributed by atoms with van der Waals surface area (Å²) in [5.41, 5.74) is 0.704. The van der Waals surface area contributed by atoms with Gasteiger partial charge in [-0.25, -0.2) is 23.1 Å². The molecule has 1 aromatic carbocycles. The number of nitrogens with one attached hydrogen (secondary N) is 1. The Balaban J connectivity index is 1.39. The molecule has 1 amide bonds. The van der Waals surface area contributed by atoms with Crippen molar-refractivity contribution in [1.29, 1.82) is 0 Å². The third-order valence-electron chi connectivity index (χ3n) is 5.52. The van der Waals surface area contributed by atoms with Crippen molar-refractivity contribution < 1.29 is 26.4 Å². The maximum Gasteiger partial charge on any atom is 0.393 e. The van der Waals surface area contributed by atoms with E-state index in [0.29, 0.717) is 47.8 Å². The Morgan fingerprint density at radius 1 is 1.12 bits per heavy atom. The fourth-order valence-electron chi connectivity index (χ4n) is 3.79. The molecule has 0 atom stereocenters. The zero-order valence-electron chi connectivity index (χ0n) is 18.2. The van der Waals surface area contributed by atoms with Crippen LogP contribution in [0.15, 0.2) is 41.6 Å². The van der Waals surface area contributed by atoms with Gasteiger partial charge in [0.2, 0.25) is 15.9 Å². The molecule has 0 aliphatic carbocycles. The van der Waals surface area contributed by atoms with Gasteiger partial charge in [0.15, 0.2) is 0 Å². The number of alkyl halides is 3. The van der Waals surface area contributed by atoms with Crippen molar-refractivity contribution in [2.75, 3.05) is 38.1 Å². The number of nitrogens with zero attached hydrogens (tertiary/aromatic N) is 4. The van der Waals surface area contributed by atoms with Crippen molar-refractivity contribution in [3.05, 3.63) is 47.1 Å². The van der Waals surface area contributed by atoms with E-state index < -0.39 is 22.6 Å². The van der Waals surface area contributed by atoms with Crippen LogP contribution in [0.4, 0.5) is 19.0 Å². The lowest BCUT2D eigenvalue weighted by molar-refractivity contribution is -0.130. The molecular weight excluding hydrogens is 491 g/mol. The number of thiophene rings is 1. The van der Waals surface area contributed by atoms with Gasteiger partial charge in [-0.1, -0.05) is 12.1 Å². The summed E-state index contributed by atoms with van der Waals surface area (Å²) in [7, 11) is -2.20. The van der Waals surface area contributed by atoms with Gasteiger partial charge in [-0.05, 0) is 30.8 Å². The standard InChI is InChI=1S/C21H22F3N5O3S2/c1-25-34(31,32)16-4-2-14(3-5-16)10-18(30)28-6-8-29(9-7-28)19-17-11-15(12-21(22,23)24)33-20(17)27-13-26-19/h2-5,11,13,25H,6-10,12H2,1H3. The molecule has 4 rings (SSSR count). The SMILES string of the molecule is CNS(=O)(=O)c1ccc(CC(=O)N2CCN(c3ncnc4sc(CC(F)(F)F)cc34)CC2)cc1. The van der Waals surface area contributed by atoms with Crippen LogP contribution < -0.4 is 9.62 Å². The maximum atomic E-state index is 12.8. The number of rotatable bonds is 6. The van der Waals surface area contributed by atoms with Gasteiger partial charge in [-0.15, -0.1) is 11.3 Å². The largest absolute Gasteiger partial charge is 0.393 e. The molecule has 3 heterocycles. The van der Waals surface area contributed by atoms with Crippen LogP contribution in [0.2, 0.25) is 0 Å². The normalized spacial score (nSPS) is 15.2. The highest BCUT2D eigenvalue weighted by atomic mass is 32.2. The lowest BCUT2D eigenvalue weighted by Gasteiger charge is -2.35. The third-order valence-corrected chi connectivity index (χ3v) is 8.00. The highest BCUT2D eigenvalue weighted by Gasteiger charge is 2.30. The minimum Gasteiger partial charge on any atom is -0.352 e. The molecule has 1 aliphatic rings. The smallest absolute Gasteiger partial charge is 0.352 e. The Morgan fingerprint density at radius 2 is 1.79 bits per heavy atom. The Hall–Kier alpha value is -2.77. The fourth-order valence-corrected chi connectivity index (χ4v) is 5.54. The average Bonchev–Trinajstić information content (AvgIpc) is 3.20. The predicted molar refractivity (Wildman–Crippen MR) is 122 cm³/mol. The lowest BCUT2D eigenvalue weighted by atomic mass is 10.1. The second-order valence-corrected chi connectivity index (χ2v) is 10.8. The van der Waals surface area contributed by atoms with E-state index in [4.69, 9.17) is 0 Å². The van der Waals surface area contributed by atoms with E-state index in [1.807, 2.05) is 4.90 Å². The molecule has 13 heteroatoms. The maximum absolute atomic E-state index is 12.8. The summed E-state index contributed by atoms with van der Waals surface area (Å²) < 4.78 is 64.2. The highest BCUT2D eigenvalue weighted by molar-refractivity contribution is 7.89. The van der Waals surface area contributed by atoms with Gasteiger partial charge in [-0.3, -0.25) is 4.79 Å². The van der Waals surface area contributed by atoms with E-state index in [9.17, 15) is 26.4 Å². The van der Waals surface area contributed by atoms with Crippen LogP contribution in [0.3, 0.4) is 0 Å². The molecule has 34 heavy (non-hydrogen) atoms. The first-order valence-corrected chi connectivity index (χ1v) is 12.7. The summed E-state index contributed by atoms with van der Waals surface area (Å²) in [4.78, 5) is 25.6. The molecule has 182 valence electrons. The van der Waals surface area contributed by atoms with Gasteiger partial charge >= 0.3 is 6.18 Å². The second kappa shape index (κ2) is 9.47. The van der Waals surface area contributed by atoms with E-state index in [0.717, 1.165) is 11.3 Å². The number of fused-ring (bicyclic) bond motifs is 1. The number of piperazine rings is 1. The van der Waals surface area contributed by atoms with E-state index in [1.54, 1.807) is 17.0 Å². The van der Waals surface area contributed by atoms with Crippen LogP contribution >= 0.6 is 11.3 Å². The predicted octanol–water partition coefficient (Wildman–Crippen LogP) is 2.60. The minimum atomic E-state index is -4.29. The Bertz CT molecular complexity index is 1290. The number of anilines is 1. The molecule has 0 spiro atoms. The molecule has 8 nitrogen and oxygen atoms in total. The number of amides is 1. The number of halogens is 3. The van der Waals surface area contributed by atoms with E-state index in [1.165, 1.54) is 31.6 Å². The van der Waals surface area contributed by atoms with Gasteiger partial charge in [0.1, 0.15) is 17.0 Å². The van der Waals surface area contributed by atoms with Gasteiger partial charge in [0.25, 0.3) is 0 Å². The summed E-state index contributed by atoms with van der Waals surface area (Å²) in [6.07, 6.45) is -3.80. The average molecular weight is 514 g/mol. The Morgan fingerprint density at radius 3 is 2.41 bits per heavy atom. The molecule has 3 aromatic rings. The molecular formula is C21H22F3N5O3S2. The molecule has 0 saturated carbocycles. The van der Waals surface area contributed by atoms with E-state index >= 15 is 0 Å². The molecule has 1 fully saturated rings. The van der Waals surface area contributed by atoms with Crippen LogP contribution in [0.5, 0.6) is 0 Å². The quantitative estimate of drug-likeness (QED) is 0.545. The minimum absolute atomic E-state index is 0.0836. The van der Waals surface area contributed by atoms with Crippen LogP contribution in [0, 0.1) is 0 Å². The first-order valence-electron chi connectivity index (χ1n) is 10.4. The van der Waals surface area contributed by atoms with Crippen LogP contribution in [-0.2, 0) is 27.7 Å². The van der Waals surface area contributed by atoms with Crippen LogP contribution in [0.1, 0.15) is 10.4 Å². The number of hydrogen-bond donors (Lipinski definition) is 1. The molecule has 2 aromatic heterocycles. The highest BCUT2D eigenvalue weighted by Crippen LogP contribution is 2.34. The molecule has 1 saturated heterocycles. The zero-order chi connectivity index (χ0) is 24.5. The number of carbonyl (C=O) groups excluding carboxylic acids is 1. The van der Waals surface area contributed by atoms with Gasteiger partial charge in [-0.2, -0.15) is 13.2 Å². The number of aromatic nitrogens is 2. The van der Waals surface area contributed by atoms with Crippen LogP contribution in [0.25, 0.3) is 10.2 Å². The van der Waals surface area contributed by atoms with Crippen LogP contribution in [-0.4, -0.2) is 68.6 Å². The first kappa shape index (κ1) is 24.4.